The first-order valence-corrected chi connectivity index (χ1v) is 10.0. The standard InChI is InChI=1S/C22H26N4O2/c27-21(17-8-4-5-9-17)25-15-20(16-25)26(14-19-12-6-7-13-23-19)22(28)24-18-10-2-1-3-11-18/h1-3,6-7,10-13,17,20H,4-5,8-9,14-16H2,(H,24,28). The first-order valence-electron chi connectivity index (χ1n) is 10.0. The normalized spacial score (nSPS) is 17.2. The summed E-state index contributed by atoms with van der Waals surface area (Å²) in [5.74, 6) is 0.443. The summed E-state index contributed by atoms with van der Waals surface area (Å²) < 4.78 is 0. The fraction of sp³-hybridized carbons (Fsp3) is 0.409. The van der Waals surface area contributed by atoms with Crippen LogP contribution in [0.2, 0.25) is 0 Å². The number of hydrogen-bond donors (Lipinski definition) is 1. The van der Waals surface area contributed by atoms with Crippen molar-refractivity contribution in [2.24, 2.45) is 5.92 Å². The van der Waals surface area contributed by atoms with Gasteiger partial charge in [0, 0.05) is 30.9 Å². The largest absolute Gasteiger partial charge is 0.338 e. The van der Waals surface area contributed by atoms with E-state index in [4.69, 9.17) is 0 Å². The topological polar surface area (TPSA) is 65.5 Å². The summed E-state index contributed by atoms with van der Waals surface area (Å²) in [5.41, 5.74) is 1.60. The van der Waals surface area contributed by atoms with Crippen LogP contribution in [-0.4, -0.2) is 45.9 Å². The van der Waals surface area contributed by atoms with Gasteiger partial charge >= 0.3 is 6.03 Å². The molecule has 1 N–H and O–H groups in total. The maximum atomic E-state index is 13.0. The summed E-state index contributed by atoms with van der Waals surface area (Å²) in [5, 5.41) is 2.97. The van der Waals surface area contributed by atoms with Crippen molar-refractivity contribution in [3.05, 3.63) is 60.4 Å². The number of likely N-dealkylation sites (tertiary alicyclic amines) is 1. The molecule has 0 bridgehead atoms. The Morgan fingerprint density at radius 3 is 2.43 bits per heavy atom. The van der Waals surface area contributed by atoms with Crippen LogP contribution in [0.25, 0.3) is 0 Å². The van der Waals surface area contributed by atoms with Gasteiger partial charge in [-0.3, -0.25) is 9.78 Å². The number of benzene rings is 1. The van der Waals surface area contributed by atoms with Crippen LogP contribution in [0.1, 0.15) is 31.4 Å². The van der Waals surface area contributed by atoms with Crippen molar-refractivity contribution < 1.29 is 9.59 Å². The van der Waals surface area contributed by atoms with E-state index in [2.05, 4.69) is 10.3 Å². The number of rotatable bonds is 5. The van der Waals surface area contributed by atoms with E-state index in [0.29, 0.717) is 19.6 Å². The van der Waals surface area contributed by atoms with E-state index in [1.807, 2.05) is 53.4 Å². The van der Waals surface area contributed by atoms with Crippen LogP contribution >= 0.6 is 0 Å². The summed E-state index contributed by atoms with van der Waals surface area (Å²) in [6, 6.07) is 15.0. The number of anilines is 1. The number of aromatic nitrogens is 1. The first-order chi connectivity index (χ1) is 13.7. The van der Waals surface area contributed by atoms with Crippen LogP contribution in [0, 0.1) is 5.92 Å². The monoisotopic (exact) mass is 378 g/mol. The zero-order valence-corrected chi connectivity index (χ0v) is 16.0. The van der Waals surface area contributed by atoms with Gasteiger partial charge < -0.3 is 15.1 Å². The highest BCUT2D eigenvalue weighted by atomic mass is 16.2. The van der Waals surface area contributed by atoms with E-state index >= 15 is 0 Å². The van der Waals surface area contributed by atoms with E-state index in [0.717, 1.165) is 37.1 Å². The zero-order valence-electron chi connectivity index (χ0n) is 16.0. The SMILES string of the molecule is O=C(C1CCCC1)N1CC(N(Cc2ccccn2)C(=O)Nc2ccccc2)C1. The Bertz CT molecular complexity index is 800. The lowest BCUT2D eigenvalue weighted by atomic mass is 10.0. The van der Waals surface area contributed by atoms with Crippen LogP contribution in [-0.2, 0) is 11.3 Å². The molecule has 2 fully saturated rings. The Hall–Kier alpha value is -2.89. The number of carbonyl (C=O) groups is 2. The quantitative estimate of drug-likeness (QED) is 0.866. The predicted octanol–water partition coefficient (Wildman–Crippen LogP) is 3.52. The maximum Gasteiger partial charge on any atom is 0.322 e. The Labute approximate surface area is 165 Å². The third-order valence-corrected chi connectivity index (χ3v) is 5.66. The Kier molecular flexibility index (Phi) is 5.55. The molecule has 0 spiro atoms. The molecule has 28 heavy (non-hydrogen) atoms. The van der Waals surface area contributed by atoms with Crippen LogP contribution in [0.3, 0.4) is 0 Å². The maximum absolute atomic E-state index is 13.0. The van der Waals surface area contributed by atoms with E-state index in [1.54, 1.807) is 11.1 Å². The molecule has 1 saturated carbocycles. The molecule has 0 radical (unpaired) electrons. The lowest BCUT2D eigenvalue weighted by molar-refractivity contribution is -0.142. The van der Waals surface area contributed by atoms with Crippen molar-refractivity contribution in [3.63, 3.8) is 0 Å². The minimum atomic E-state index is -0.158. The molecule has 1 saturated heterocycles. The highest BCUT2D eigenvalue weighted by Crippen LogP contribution is 2.29. The van der Waals surface area contributed by atoms with Crippen molar-refractivity contribution in [1.29, 1.82) is 0 Å². The average molecular weight is 378 g/mol. The van der Waals surface area contributed by atoms with Crippen molar-refractivity contribution in [2.75, 3.05) is 18.4 Å². The minimum absolute atomic E-state index is 0.0103. The van der Waals surface area contributed by atoms with E-state index in [9.17, 15) is 9.59 Å². The molecular weight excluding hydrogens is 352 g/mol. The Morgan fingerprint density at radius 1 is 1.04 bits per heavy atom. The summed E-state index contributed by atoms with van der Waals surface area (Å²) in [4.78, 5) is 33.6. The van der Waals surface area contributed by atoms with Gasteiger partial charge in [-0.2, -0.15) is 0 Å². The van der Waals surface area contributed by atoms with Gasteiger partial charge in [-0.25, -0.2) is 4.79 Å². The van der Waals surface area contributed by atoms with E-state index in [-0.39, 0.29) is 23.9 Å². The summed E-state index contributed by atoms with van der Waals surface area (Å²) in [6.07, 6.45) is 6.05. The third-order valence-electron chi connectivity index (χ3n) is 5.66. The highest BCUT2D eigenvalue weighted by Gasteiger charge is 2.40. The van der Waals surface area contributed by atoms with Gasteiger partial charge in [-0.1, -0.05) is 37.1 Å². The number of pyridine rings is 1. The van der Waals surface area contributed by atoms with Crippen LogP contribution in [0.15, 0.2) is 54.7 Å². The van der Waals surface area contributed by atoms with Crippen molar-refractivity contribution in [3.8, 4) is 0 Å². The molecule has 6 nitrogen and oxygen atoms in total. The number of hydrogen-bond acceptors (Lipinski definition) is 3. The molecule has 1 aromatic heterocycles. The predicted molar refractivity (Wildman–Crippen MR) is 108 cm³/mol. The second-order valence-corrected chi connectivity index (χ2v) is 7.62. The summed E-state index contributed by atoms with van der Waals surface area (Å²) in [7, 11) is 0. The Balaban J connectivity index is 1.43. The molecule has 1 aliphatic carbocycles. The summed E-state index contributed by atoms with van der Waals surface area (Å²) >= 11 is 0. The van der Waals surface area contributed by atoms with Crippen LogP contribution in [0.5, 0.6) is 0 Å². The minimum Gasteiger partial charge on any atom is -0.338 e. The number of amides is 3. The molecule has 0 unspecified atom stereocenters. The molecule has 4 rings (SSSR count). The number of nitrogens with zero attached hydrogens (tertiary/aromatic N) is 3. The summed E-state index contributed by atoms with van der Waals surface area (Å²) in [6.45, 7) is 1.63. The van der Waals surface area contributed by atoms with Crippen molar-refractivity contribution in [2.45, 2.75) is 38.3 Å². The van der Waals surface area contributed by atoms with Gasteiger partial charge in [-0.05, 0) is 37.1 Å². The number of para-hydroxylation sites is 1. The lowest BCUT2D eigenvalue weighted by Crippen LogP contribution is -2.63. The van der Waals surface area contributed by atoms with Gasteiger partial charge in [0.2, 0.25) is 5.91 Å². The van der Waals surface area contributed by atoms with Gasteiger partial charge in [0.1, 0.15) is 0 Å². The molecule has 1 aromatic carbocycles. The lowest BCUT2D eigenvalue weighted by Gasteiger charge is -2.46. The fourth-order valence-electron chi connectivity index (χ4n) is 4.01. The molecule has 2 aromatic rings. The van der Waals surface area contributed by atoms with E-state index < -0.39 is 0 Å². The number of urea groups is 1. The first kappa shape index (κ1) is 18.5. The molecule has 2 aliphatic rings. The van der Waals surface area contributed by atoms with Crippen molar-refractivity contribution in [1.82, 2.24) is 14.8 Å². The van der Waals surface area contributed by atoms with Gasteiger partial charge in [-0.15, -0.1) is 0 Å². The number of nitrogens with one attached hydrogen (secondary N) is 1. The van der Waals surface area contributed by atoms with Gasteiger partial charge in [0.25, 0.3) is 0 Å². The van der Waals surface area contributed by atoms with Crippen LogP contribution in [0.4, 0.5) is 10.5 Å². The molecule has 2 heterocycles. The highest BCUT2D eigenvalue weighted by molar-refractivity contribution is 5.90. The molecule has 146 valence electrons. The third kappa shape index (κ3) is 4.16. The zero-order chi connectivity index (χ0) is 19.3. The van der Waals surface area contributed by atoms with Gasteiger partial charge in [0.05, 0.1) is 18.3 Å². The van der Waals surface area contributed by atoms with Crippen LogP contribution < -0.4 is 5.32 Å². The molecule has 3 amide bonds. The fourth-order valence-corrected chi connectivity index (χ4v) is 4.01. The second kappa shape index (κ2) is 8.42. The number of carbonyl (C=O) groups excluding carboxylic acids is 2. The Morgan fingerprint density at radius 2 is 1.75 bits per heavy atom. The van der Waals surface area contributed by atoms with Gasteiger partial charge in [0.15, 0.2) is 0 Å². The smallest absolute Gasteiger partial charge is 0.322 e. The molecule has 0 atom stereocenters. The molecule has 1 aliphatic heterocycles. The van der Waals surface area contributed by atoms with E-state index in [1.165, 1.54) is 0 Å². The second-order valence-electron chi connectivity index (χ2n) is 7.62. The van der Waals surface area contributed by atoms with Crippen molar-refractivity contribution >= 4 is 17.6 Å². The molecular formula is C22H26N4O2. The average Bonchev–Trinajstić information content (AvgIpc) is 3.22. The molecule has 6 heteroatoms.